The van der Waals surface area contributed by atoms with Crippen LogP contribution in [0.2, 0.25) is 0 Å². The molecule has 0 aromatic rings. The minimum atomic E-state index is -1.57. The monoisotopic (exact) mass is 149 g/mol. The Kier molecular flexibility index (Phi) is 3.24. The Morgan fingerprint density at radius 2 is 2.25 bits per heavy atom. The number of halogens is 1. The SMILES string of the molecule is O=[C]=[Ru][F]. The van der Waals surface area contributed by atoms with Crippen LogP contribution in [-0.2, 0) is 22.0 Å². The zero-order chi connectivity index (χ0) is 3.41. The van der Waals surface area contributed by atoms with Crippen LogP contribution in [0.1, 0.15) is 0 Å². The molecule has 4 heavy (non-hydrogen) atoms. The molecule has 0 saturated heterocycles. The summed E-state index contributed by atoms with van der Waals surface area (Å²) in [5.74, 6) is 0. The van der Waals surface area contributed by atoms with Gasteiger partial charge in [-0.2, -0.15) is 0 Å². The molecule has 0 rings (SSSR count). The van der Waals surface area contributed by atoms with Gasteiger partial charge in [-0.05, 0) is 0 Å². The van der Waals surface area contributed by atoms with Crippen molar-refractivity contribution in [1.82, 2.24) is 0 Å². The topological polar surface area (TPSA) is 17.1 Å². The molecule has 0 fully saturated rings. The summed E-state index contributed by atoms with van der Waals surface area (Å²) in [6, 6.07) is 0. The zero-order valence-corrected chi connectivity index (χ0v) is 3.38. The maximum atomic E-state index is 10.4. The molecule has 0 aromatic heterocycles. The second kappa shape index (κ2) is 3.13. The normalized spacial score (nSPS) is 5.25. The van der Waals surface area contributed by atoms with Crippen molar-refractivity contribution < 1.29 is 25.3 Å². The number of hydrogen-bond acceptors (Lipinski definition) is 1. The predicted octanol–water partition coefficient (Wildman–Crippen LogP) is 0.0206. The average molecular weight is 148 g/mol. The molecular formula is CFORu. The summed E-state index contributed by atoms with van der Waals surface area (Å²) in [5, 5.41) is 0. The average Bonchev–Trinajstić information content (AvgIpc) is 1.37. The van der Waals surface area contributed by atoms with Gasteiger partial charge in [0.25, 0.3) is 0 Å². The van der Waals surface area contributed by atoms with E-state index in [0.29, 0.717) is 0 Å². The first-order valence-electron chi connectivity index (χ1n) is 0.515. The molecule has 0 radical (unpaired) electrons. The molecule has 0 unspecified atom stereocenters. The van der Waals surface area contributed by atoms with E-state index in [9.17, 15) is 3.32 Å². The van der Waals surface area contributed by atoms with Gasteiger partial charge < -0.3 is 0 Å². The fourth-order valence-electron chi connectivity index (χ4n) is 0. The van der Waals surface area contributed by atoms with Crippen molar-refractivity contribution in [3.05, 3.63) is 0 Å². The molecule has 0 spiro atoms. The van der Waals surface area contributed by atoms with Gasteiger partial charge in [-0.15, -0.1) is 0 Å². The fourth-order valence-corrected chi connectivity index (χ4v) is 0. The van der Waals surface area contributed by atoms with E-state index >= 15 is 0 Å². The van der Waals surface area contributed by atoms with Crippen LogP contribution in [0, 0.1) is 0 Å². The summed E-state index contributed by atoms with van der Waals surface area (Å²) >= 11 is -1.57. The Bertz CT molecular complexity index is 46.0. The van der Waals surface area contributed by atoms with Gasteiger partial charge in [0.15, 0.2) is 0 Å². The van der Waals surface area contributed by atoms with Gasteiger partial charge in [0.1, 0.15) is 0 Å². The van der Waals surface area contributed by atoms with E-state index in [2.05, 4.69) is 0 Å². The van der Waals surface area contributed by atoms with E-state index in [1.807, 2.05) is 0 Å². The Labute approximate surface area is 30.5 Å². The van der Waals surface area contributed by atoms with Gasteiger partial charge in [0.05, 0.1) is 0 Å². The summed E-state index contributed by atoms with van der Waals surface area (Å²) in [4.78, 5) is 8.71. The molecule has 0 atom stereocenters. The third-order valence-electron chi connectivity index (χ3n) is 0.0273. The van der Waals surface area contributed by atoms with Crippen LogP contribution in [0.25, 0.3) is 0 Å². The molecular weight excluding hydrogens is 148 g/mol. The van der Waals surface area contributed by atoms with Crippen LogP contribution >= 0.6 is 0 Å². The second-order valence-electron chi connectivity index (χ2n) is 0.139. The van der Waals surface area contributed by atoms with Crippen molar-refractivity contribution in [2.45, 2.75) is 0 Å². The minimum absolute atomic E-state index is 1.10. The molecule has 0 aliphatic rings. The summed E-state index contributed by atoms with van der Waals surface area (Å²) in [6.45, 7) is 0. The van der Waals surface area contributed by atoms with Crippen molar-refractivity contribution in [3.8, 4) is 0 Å². The molecule has 0 saturated carbocycles. The van der Waals surface area contributed by atoms with Gasteiger partial charge in [-0.1, -0.05) is 0 Å². The second-order valence-corrected chi connectivity index (χ2v) is 0.822. The summed E-state index contributed by atoms with van der Waals surface area (Å²) < 4.78 is 11.5. The molecule has 0 N–H and O–H groups in total. The molecule has 0 bridgehead atoms. The Hall–Kier alpha value is 0.133. The Morgan fingerprint density at radius 3 is 2.25 bits per heavy atom. The first kappa shape index (κ1) is 4.13. The molecule has 0 aliphatic heterocycles. The van der Waals surface area contributed by atoms with Gasteiger partial charge in [0, 0.05) is 0 Å². The van der Waals surface area contributed by atoms with Crippen LogP contribution < -0.4 is 0 Å². The maximum absolute atomic E-state index is 10.4. The molecule has 1 nitrogen and oxygen atoms in total. The molecule has 0 aromatic carbocycles. The molecule has 3 heteroatoms. The van der Waals surface area contributed by atoms with Gasteiger partial charge >= 0.3 is 29.8 Å². The van der Waals surface area contributed by atoms with Crippen LogP contribution in [0.5, 0.6) is 0 Å². The standard InChI is InChI=1S/CO.FH.Ru/c1-2;;/h;1H;/q;;+1/p-1. The first-order valence-corrected chi connectivity index (χ1v) is 2.04. The van der Waals surface area contributed by atoms with Crippen molar-refractivity contribution in [3.63, 3.8) is 0 Å². The van der Waals surface area contributed by atoms with E-state index in [0.717, 1.165) is 4.47 Å². The first-order chi connectivity index (χ1) is 1.91. The van der Waals surface area contributed by atoms with E-state index < -0.39 is 17.2 Å². The summed E-state index contributed by atoms with van der Waals surface area (Å²) in [5.41, 5.74) is 0. The molecule has 0 heterocycles. The van der Waals surface area contributed by atoms with Gasteiger partial charge in [0.2, 0.25) is 0 Å². The Balaban J connectivity index is 3.11. The van der Waals surface area contributed by atoms with Crippen LogP contribution in [0.15, 0.2) is 0 Å². The van der Waals surface area contributed by atoms with Crippen LogP contribution in [-0.4, -0.2) is 4.47 Å². The molecule has 0 aliphatic carbocycles. The van der Waals surface area contributed by atoms with Crippen molar-refractivity contribution in [2.75, 3.05) is 0 Å². The van der Waals surface area contributed by atoms with Crippen LogP contribution in [0.3, 0.4) is 0 Å². The van der Waals surface area contributed by atoms with E-state index in [1.165, 1.54) is 0 Å². The predicted molar refractivity (Wildman–Crippen MR) is 6.80 cm³/mol. The number of rotatable bonds is 0. The fraction of sp³-hybridized carbons (Fsp3) is 0. The van der Waals surface area contributed by atoms with Crippen molar-refractivity contribution in [1.29, 1.82) is 0 Å². The van der Waals surface area contributed by atoms with E-state index in [1.54, 1.807) is 0 Å². The third-order valence-corrected chi connectivity index (χ3v) is 0.161. The third kappa shape index (κ3) is 2.13. The zero-order valence-electron chi connectivity index (χ0n) is 1.64. The molecule has 0 amide bonds. The quantitative estimate of drug-likeness (QED) is 0.442. The number of hydrogen-bond donors (Lipinski definition) is 0. The number of carbonyl (C=O) groups excluding carboxylic acids is 1. The van der Waals surface area contributed by atoms with Crippen molar-refractivity contribution in [2.24, 2.45) is 0 Å². The molecule has 25 valence electrons. The summed E-state index contributed by atoms with van der Waals surface area (Å²) in [7, 11) is 0. The van der Waals surface area contributed by atoms with Gasteiger partial charge in [-0.3, -0.25) is 0 Å². The van der Waals surface area contributed by atoms with E-state index in [-0.39, 0.29) is 0 Å². The van der Waals surface area contributed by atoms with Crippen molar-refractivity contribution >= 4 is 4.47 Å². The van der Waals surface area contributed by atoms with Gasteiger partial charge in [-0.25, -0.2) is 0 Å². The van der Waals surface area contributed by atoms with Crippen LogP contribution in [0.4, 0.5) is 3.32 Å². The summed E-state index contributed by atoms with van der Waals surface area (Å²) in [6.07, 6.45) is 0. The van der Waals surface area contributed by atoms with E-state index in [4.69, 9.17) is 4.79 Å². The Morgan fingerprint density at radius 1 is 2.00 bits per heavy atom.